The number of morpholine rings is 1. The molecule has 0 bridgehead atoms. The Morgan fingerprint density at radius 1 is 1.53 bits per heavy atom. The molecule has 1 heterocycles. The van der Waals surface area contributed by atoms with Crippen LogP contribution >= 0.6 is 0 Å². The highest BCUT2D eigenvalue weighted by atomic mass is 16.5. The minimum absolute atomic E-state index is 0.0552. The maximum atomic E-state index is 12.1. The predicted octanol–water partition coefficient (Wildman–Crippen LogP) is 1.17. The lowest BCUT2D eigenvalue weighted by Gasteiger charge is -2.39. The molecular formula is C11H18N2O2. The molecule has 0 aliphatic carbocycles. The van der Waals surface area contributed by atoms with Crippen LogP contribution in [0.2, 0.25) is 0 Å². The monoisotopic (exact) mass is 210 g/mol. The van der Waals surface area contributed by atoms with E-state index in [1.54, 1.807) is 18.7 Å². The van der Waals surface area contributed by atoms with Crippen LogP contribution in [-0.2, 0) is 9.53 Å². The lowest BCUT2D eigenvalue weighted by molar-refractivity contribution is -0.149. The van der Waals surface area contributed by atoms with Crippen LogP contribution in [0.3, 0.4) is 0 Å². The molecule has 0 aromatic heterocycles. The largest absolute Gasteiger partial charge is 0.375 e. The fourth-order valence-corrected chi connectivity index (χ4v) is 1.59. The average molecular weight is 210 g/mol. The van der Waals surface area contributed by atoms with Crippen molar-refractivity contribution in [3.8, 4) is 6.07 Å². The van der Waals surface area contributed by atoms with Gasteiger partial charge in [0.15, 0.2) is 0 Å². The van der Waals surface area contributed by atoms with Gasteiger partial charge in [0.25, 0.3) is 0 Å². The SMILES string of the molecule is CC1CN(C(=O)C(C)(C)C#N)C(C)CO1. The molecule has 15 heavy (non-hydrogen) atoms. The quantitative estimate of drug-likeness (QED) is 0.653. The summed E-state index contributed by atoms with van der Waals surface area (Å²) in [5.41, 5.74) is -0.939. The van der Waals surface area contributed by atoms with E-state index >= 15 is 0 Å². The highest BCUT2D eigenvalue weighted by Crippen LogP contribution is 2.22. The Morgan fingerprint density at radius 2 is 2.13 bits per heavy atom. The van der Waals surface area contributed by atoms with Crippen LogP contribution in [0, 0.1) is 16.7 Å². The van der Waals surface area contributed by atoms with Gasteiger partial charge in [-0.3, -0.25) is 4.79 Å². The number of carbonyl (C=O) groups is 1. The lowest BCUT2D eigenvalue weighted by atomic mass is 9.92. The Labute approximate surface area is 90.8 Å². The second-order valence-corrected chi connectivity index (χ2v) is 4.69. The van der Waals surface area contributed by atoms with Gasteiger partial charge in [0.1, 0.15) is 5.41 Å². The van der Waals surface area contributed by atoms with E-state index in [0.717, 1.165) is 0 Å². The number of hydrogen-bond donors (Lipinski definition) is 0. The summed E-state index contributed by atoms with van der Waals surface area (Å²) in [7, 11) is 0. The van der Waals surface area contributed by atoms with Crippen LogP contribution in [0.1, 0.15) is 27.7 Å². The number of amides is 1. The summed E-state index contributed by atoms with van der Waals surface area (Å²) in [6.45, 7) is 8.31. The van der Waals surface area contributed by atoms with Gasteiger partial charge in [-0.25, -0.2) is 0 Å². The molecule has 0 N–H and O–H groups in total. The molecule has 0 radical (unpaired) electrons. The third-order valence-electron chi connectivity index (χ3n) is 2.68. The van der Waals surface area contributed by atoms with E-state index in [0.29, 0.717) is 13.2 Å². The highest BCUT2D eigenvalue weighted by molar-refractivity contribution is 5.85. The van der Waals surface area contributed by atoms with Crippen LogP contribution in [0.4, 0.5) is 0 Å². The summed E-state index contributed by atoms with van der Waals surface area (Å²) in [5, 5.41) is 8.92. The topological polar surface area (TPSA) is 53.3 Å². The first-order valence-corrected chi connectivity index (χ1v) is 5.22. The second-order valence-electron chi connectivity index (χ2n) is 4.69. The van der Waals surface area contributed by atoms with Crippen LogP contribution in [0.25, 0.3) is 0 Å². The summed E-state index contributed by atoms with van der Waals surface area (Å²) in [6.07, 6.45) is 0.0552. The number of nitriles is 1. The summed E-state index contributed by atoms with van der Waals surface area (Å²) in [6, 6.07) is 2.10. The molecular weight excluding hydrogens is 192 g/mol. The Morgan fingerprint density at radius 3 is 2.67 bits per heavy atom. The fourth-order valence-electron chi connectivity index (χ4n) is 1.59. The predicted molar refractivity (Wildman–Crippen MR) is 56.0 cm³/mol. The smallest absolute Gasteiger partial charge is 0.242 e. The fraction of sp³-hybridized carbons (Fsp3) is 0.818. The van der Waals surface area contributed by atoms with Crippen molar-refractivity contribution in [3.63, 3.8) is 0 Å². The first-order valence-electron chi connectivity index (χ1n) is 5.22. The van der Waals surface area contributed by atoms with E-state index in [1.807, 2.05) is 19.9 Å². The van der Waals surface area contributed by atoms with Crippen LogP contribution in [0.15, 0.2) is 0 Å². The third kappa shape index (κ3) is 2.48. The zero-order valence-electron chi connectivity index (χ0n) is 9.78. The Bertz CT molecular complexity index is 293. The summed E-state index contributed by atoms with van der Waals surface area (Å²) < 4.78 is 5.44. The molecule has 1 aliphatic rings. The van der Waals surface area contributed by atoms with Gasteiger partial charge in [-0.1, -0.05) is 0 Å². The van der Waals surface area contributed by atoms with Crippen molar-refractivity contribution in [1.82, 2.24) is 4.90 Å². The molecule has 1 fully saturated rings. The molecule has 1 saturated heterocycles. The van der Waals surface area contributed by atoms with Crippen molar-refractivity contribution in [2.24, 2.45) is 5.41 Å². The van der Waals surface area contributed by atoms with Crippen molar-refractivity contribution in [2.75, 3.05) is 13.2 Å². The van der Waals surface area contributed by atoms with E-state index in [2.05, 4.69) is 0 Å². The van der Waals surface area contributed by atoms with E-state index < -0.39 is 5.41 Å². The van der Waals surface area contributed by atoms with Crippen molar-refractivity contribution >= 4 is 5.91 Å². The molecule has 0 spiro atoms. The van der Waals surface area contributed by atoms with Gasteiger partial charge in [0.2, 0.25) is 5.91 Å². The maximum absolute atomic E-state index is 12.1. The molecule has 1 amide bonds. The van der Waals surface area contributed by atoms with Gasteiger partial charge < -0.3 is 9.64 Å². The number of ether oxygens (including phenoxy) is 1. The number of rotatable bonds is 1. The van der Waals surface area contributed by atoms with Crippen LogP contribution in [0.5, 0.6) is 0 Å². The first-order chi connectivity index (χ1) is 6.88. The molecule has 1 rings (SSSR count). The van der Waals surface area contributed by atoms with Crippen molar-refractivity contribution in [3.05, 3.63) is 0 Å². The van der Waals surface area contributed by atoms with Crippen LogP contribution in [-0.4, -0.2) is 36.1 Å². The van der Waals surface area contributed by atoms with Crippen molar-refractivity contribution in [2.45, 2.75) is 39.8 Å². The van der Waals surface area contributed by atoms with E-state index in [1.165, 1.54) is 0 Å². The van der Waals surface area contributed by atoms with E-state index in [-0.39, 0.29) is 18.1 Å². The molecule has 84 valence electrons. The van der Waals surface area contributed by atoms with Gasteiger partial charge in [0.05, 0.1) is 24.8 Å². The second kappa shape index (κ2) is 4.19. The average Bonchev–Trinajstić information content (AvgIpc) is 2.20. The minimum Gasteiger partial charge on any atom is -0.375 e. The zero-order valence-corrected chi connectivity index (χ0v) is 9.78. The Hall–Kier alpha value is -1.08. The maximum Gasteiger partial charge on any atom is 0.242 e. The summed E-state index contributed by atoms with van der Waals surface area (Å²) in [5.74, 6) is -0.104. The van der Waals surface area contributed by atoms with Crippen molar-refractivity contribution < 1.29 is 9.53 Å². The van der Waals surface area contributed by atoms with Crippen LogP contribution < -0.4 is 0 Å². The van der Waals surface area contributed by atoms with Gasteiger partial charge in [-0.15, -0.1) is 0 Å². The van der Waals surface area contributed by atoms with Gasteiger partial charge >= 0.3 is 0 Å². The molecule has 1 aliphatic heterocycles. The minimum atomic E-state index is -0.939. The molecule has 4 heteroatoms. The molecule has 0 saturated carbocycles. The van der Waals surface area contributed by atoms with Gasteiger partial charge in [-0.05, 0) is 27.7 Å². The zero-order chi connectivity index (χ0) is 11.6. The molecule has 0 aromatic carbocycles. The Kier molecular flexibility index (Phi) is 3.35. The molecule has 2 atom stereocenters. The number of hydrogen-bond acceptors (Lipinski definition) is 3. The third-order valence-corrected chi connectivity index (χ3v) is 2.68. The molecule has 2 unspecified atom stereocenters. The molecule has 4 nitrogen and oxygen atoms in total. The number of carbonyl (C=O) groups excluding carboxylic acids is 1. The van der Waals surface area contributed by atoms with E-state index in [4.69, 9.17) is 10.00 Å². The summed E-state index contributed by atoms with van der Waals surface area (Å²) >= 11 is 0. The number of nitrogens with zero attached hydrogens (tertiary/aromatic N) is 2. The lowest BCUT2D eigenvalue weighted by Crippen LogP contribution is -2.53. The van der Waals surface area contributed by atoms with Gasteiger partial charge in [-0.2, -0.15) is 5.26 Å². The van der Waals surface area contributed by atoms with E-state index in [9.17, 15) is 4.79 Å². The summed E-state index contributed by atoms with van der Waals surface area (Å²) in [4.78, 5) is 13.8. The molecule has 0 aromatic rings. The normalized spacial score (nSPS) is 27.3. The standard InChI is InChI=1S/C11H18N2O2/c1-8-6-15-9(2)5-13(8)10(14)11(3,4)7-12/h8-9H,5-6H2,1-4H3. The van der Waals surface area contributed by atoms with Gasteiger partial charge in [0, 0.05) is 6.54 Å². The highest BCUT2D eigenvalue weighted by Gasteiger charge is 2.36. The first kappa shape index (κ1) is 12.0. The Balaban J connectivity index is 2.78. The van der Waals surface area contributed by atoms with Crippen molar-refractivity contribution in [1.29, 1.82) is 5.26 Å².